The Hall–Kier alpha value is -3.49. The molecule has 0 unspecified atom stereocenters. The standard InChI is InChI=1S/C23H26FN3O5/c1-26-17-6-5-15(24)13-16(17)21(28)25-23(26)7-9-27(10-8-23)22(29)14-11-18(30-2)20(32-4)19(12-14)31-3/h5-6,11-13H,7-10H2,1-4H3,(H,25,28). The van der Waals surface area contributed by atoms with Crippen LogP contribution in [-0.2, 0) is 0 Å². The summed E-state index contributed by atoms with van der Waals surface area (Å²) in [5, 5.41) is 3.04. The number of ether oxygens (including phenoxy) is 3. The zero-order chi connectivity index (χ0) is 23.0. The Morgan fingerprint density at radius 3 is 2.22 bits per heavy atom. The molecule has 9 heteroatoms. The van der Waals surface area contributed by atoms with Crippen molar-refractivity contribution in [2.45, 2.75) is 18.5 Å². The van der Waals surface area contributed by atoms with E-state index in [4.69, 9.17) is 14.2 Å². The summed E-state index contributed by atoms with van der Waals surface area (Å²) in [6.45, 7) is 0.882. The molecule has 32 heavy (non-hydrogen) atoms. The van der Waals surface area contributed by atoms with Gasteiger partial charge in [0.15, 0.2) is 11.5 Å². The number of rotatable bonds is 4. The average Bonchev–Trinajstić information content (AvgIpc) is 2.81. The van der Waals surface area contributed by atoms with Crippen molar-refractivity contribution in [1.29, 1.82) is 0 Å². The van der Waals surface area contributed by atoms with Crippen LogP contribution in [0.25, 0.3) is 0 Å². The van der Waals surface area contributed by atoms with Crippen molar-refractivity contribution in [2.75, 3.05) is 46.4 Å². The highest BCUT2D eigenvalue weighted by Gasteiger charge is 2.45. The number of piperidine rings is 1. The number of carbonyl (C=O) groups is 2. The number of amides is 2. The topological polar surface area (TPSA) is 80.3 Å². The number of nitrogens with zero attached hydrogens (tertiary/aromatic N) is 2. The Morgan fingerprint density at radius 2 is 1.66 bits per heavy atom. The van der Waals surface area contributed by atoms with Crippen LogP contribution in [0.15, 0.2) is 30.3 Å². The van der Waals surface area contributed by atoms with Crippen molar-refractivity contribution in [3.8, 4) is 17.2 Å². The van der Waals surface area contributed by atoms with Crippen molar-refractivity contribution in [1.82, 2.24) is 10.2 Å². The fourth-order valence-electron chi connectivity index (χ4n) is 4.50. The maximum Gasteiger partial charge on any atom is 0.255 e. The molecule has 0 atom stereocenters. The van der Waals surface area contributed by atoms with Gasteiger partial charge in [-0.25, -0.2) is 4.39 Å². The van der Waals surface area contributed by atoms with E-state index in [-0.39, 0.29) is 11.8 Å². The van der Waals surface area contributed by atoms with Crippen LogP contribution in [0.5, 0.6) is 17.2 Å². The van der Waals surface area contributed by atoms with E-state index in [0.29, 0.717) is 60.0 Å². The molecule has 1 spiro atoms. The third-order valence-corrected chi connectivity index (χ3v) is 6.34. The fraction of sp³-hybridized carbons (Fsp3) is 0.391. The minimum absolute atomic E-state index is 0.161. The monoisotopic (exact) mass is 443 g/mol. The van der Waals surface area contributed by atoms with Gasteiger partial charge in [-0.1, -0.05) is 0 Å². The smallest absolute Gasteiger partial charge is 0.255 e. The second-order valence-electron chi connectivity index (χ2n) is 7.91. The van der Waals surface area contributed by atoms with E-state index in [2.05, 4.69) is 5.32 Å². The number of fused-ring (bicyclic) bond motifs is 1. The number of benzene rings is 2. The Balaban J connectivity index is 1.55. The van der Waals surface area contributed by atoms with Gasteiger partial charge in [0.2, 0.25) is 5.75 Å². The summed E-state index contributed by atoms with van der Waals surface area (Å²) in [4.78, 5) is 29.6. The molecule has 0 saturated carbocycles. The van der Waals surface area contributed by atoms with Gasteiger partial charge in [-0.3, -0.25) is 9.59 Å². The van der Waals surface area contributed by atoms with Gasteiger partial charge in [0.25, 0.3) is 11.8 Å². The zero-order valence-corrected chi connectivity index (χ0v) is 18.5. The van der Waals surface area contributed by atoms with Gasteiger partial charge in [-0.15, -0.1) is 0 Å². The molecule has 170 valence electrons. The summed E-state index contributed by atoms with van der Waals surface area (Å²) in [5.74, 6) is 0.326. The molecular formula is C23H26FN3O5. The molecule has 2 aliphatic rings. The Labute approximate surface area is 185 Å². The molecule has 1 N–H and O–H groups in total. The van der Waals surface area contributed by atoms with Gasteiger partial charge in [-0.2, -0.15) is 0 Å². The molecule has 2 aliphatic heterocycles. The Morgan fingerprint density at radius 1 is 1.03 bits per heavy atom. The summed E-state index contributed by atoms with van der Waals surface area (Å²) in [6, 6.07) is 7.49. The molecule has 8 nitrogen and oxygen atoms in total. The lowest BCUT2D eigenvalue weighted by atomic mass is 9.90. The van der Waals surface area contributed by atoms with Crippen molar-refractivity contribution in [3.05, 3.63) is 47.3 Å². The average molecular weight is 443 g/mol. The van der Waals surface area contributed by atoms with Crippen LogP contribution in [0, 0.1) is 5.82 Å². The minimum atomic E-state index is -0.631. The van der Waals surface area contributed by atoms with E-state index < -0.39 is 11.5 Å². The van der Waals surface area contributed by atoms with E-state index in [1.54, 1.807) is 23.1 Å². The van der Waals surface area contributed by atoms with Crippen molar-refractivity contribution in [2.24, 2.45) is 0 Å². The lowest BCUT2D eigenvalue weighted by molar-refractivity contribution is 0.0608. The quantitative estimate of drug-likeness (QED) is 0.783. The van der Waals surface area contributed by atoms with Crippen LogP contribution >= 0.6 is 0 Å². The van der Waals surface area contributed by atoms with Crippen LogP contribution in [-0.4, -0.2) is 63.8 Å². The normalized spacial score (nSPS) is 17.0. The molecule has 1 saturated heterocycles. The largest absolute Gasteiger partial charge is 0.493 e. The third kappa shape index (κ3) is 3.47. The van der Waals surface area contributed by atoms with Crippen LogP contribution in [0.4, 0.5) is 10.1 Å². The number of nitrogens with one attached hydrogen (secondary N) is 1. The number of hydrogen-bond donors (Lipinski definition) is 1. The SMILES string of the molecule is COc1cc(C(=O)N2CCC3(CC2)NC(=O)c2cc(F)ccc2N3C)cc(OC)c1OC. The second-order valence-corrected chi connectivity index (χ2v) is 7.91. The van der Waals surface area contributed by atoms with Gasteiger partial charge in [0, 0.05) is 38.5 Å². The van der Waals surface area contributed by atoms with E-state index in [0.717, 1.165) is 0 Å². The predicted molar refractivity (Wildman–Crippen MR) is 116 cm³/mol. The van der Waals surface area contributed by atoms with Crippen LogP contribution in [0.3, 0.4) is 0 Å². The molecule has 0 radical (unpaired) electrons. The highest BCUT2D eigenvalue weighted by atomic mass is 19.1. The maximum atomic E-state index is 13.6. The summed E-state index contributed by atoms with van der Waals surface area (Å²) in [6.07, 6.45) is 1.06. The zero-order valence-electron chi connectivity index (χ0n) is 18.5. The number of hydrogen-bond acceptors (Lipinski definition) is 6. The lowest BCUT2D eigenvalue weighted by Gasteiger charge is -2.51. The molecule has 0 aromatic heterocycles. The first kappa shape index (κ1) is 21.7. The van der Waals surface area contributed by atoms with Gasteiger partial charge in [0.05, 0.1) is 32.6 Å². The van der Waals surface area contributed by atoms with E-state index in [9.17, 15) is 14.0 Å². The van der Waals surface area contributed by atoms with Gasteiger partial charge >= 0.3 is 0 Å². The first-order valence-electron chi connectivity index (χ1n) is 10.3. The van der Waals surface area contributed by atoms with Crippen LogP contribution in [0.1, 0.15) is 33.6 Å². The summed E-state index contributed by atoms with van der Waals surface area (Å²) >= 11 is 0. The third-order valence-electron chi connectivity index (χ3n) is 6.34. The molecule has 2 amide bonds. The Bertz CT molecular complexity index is 1040. The number of likely N-dealkylation sites (tertiary alicyclic amines) is 1. The molecule has 0 aliphatic carbocycles. The van der Waals surface area contributed by atoms with Crippen molar-refractivity contribution in [3.63, 3.8) is 0 Å². The molecule has 4 rings (SSSR count). The number of carbonyl (C=O) groups excluding carboxylic acids is 2. The van der Waals surface area contributed by atoms with E-state index in [1.165, 1.54) is 33.5 Å². The summed E-state index contributed by atoms with van der Waals surface area (Å²) in [5.41, 5.74) is 0.791. The maximum absolute atomic E-state index is 13.6. The molecule has 2 heterocycles. The van der Waals surface area contributed by atoms with Crippen LogP contribution < -0.4 is 24.4 Å². The van der Waals surface area contributed by atoms with E-state index in [1.807, 2.05) is 11.9 Å². The summed E-state index contributed by atoms with van der Waals surface area (Å²) in [7, 11) is 6.39. The van der Waals surface area contributed by atoms with Crippen LogP contribution in [0.2, 0.25) is 0 Å². The van der Waals surface area contributed by atoms with Gasteiger partial charge in [-0.05, 0) is 30.3 Å². The number of methoxy groups -OCH3 is 3. The fourth-order valence-corrected chi connectivity index (χ4v) is 4.50. The highest BCUT2D eigenvalue weighted by Crippen LogP contribution is 2.40. The molecular weight excluding hydrogens is 417 g/mol. The minimum Gasteiger partial charge on any atom is -0.493 e. The molecule has 1 fully saturated rings. The number of halogens is 1. The second kappa shape index (κ2) is 8.22. The van der Waals surface area contributed by atoms with Gasteiger partial charge < -0.3 is 29.3 Å². The van der Waals surface area contributed by atoms with Gasteiger partial charge in [0.1, 0.15) is 11.5 Å². The molecule has 2 aromatic rings. The van der Waals surface area contributed by atoms with Crippen molar-refractivity contribution < 1.29 is 28.2 Å². The number of anilines is 1. The predicted octanol–water partition coefficient (Wildman–Crippen LogP) is 2.66. The first-order chi connectivity index (χ1) is 15.3. The Kier molecular flexibility index (Phi) is 5.58. The first-order valence-corrected chi connectivity index (χ1v) is 10.3. The van der Waals surface area contributed by atoms with Crippen molar-refractivity contribution >= 4 is 17.5 Å². The highest BCUT2D eigenvalue weighted by molar-refractivity contribution is 6.02. The van der Waals surface area contributed by atoms with E-state index >= 15 is 0 Å². The molecule has 0 bridgehead atoms. The molecule has 2 aromatic carbocycles. The lowest BCUT2D eigenvalue weighted by Crippen LogP contribution is -2.67. The summed E-state index contributed by atoms with van der Waals surface area (Å²) < 4.78 is 29.7.